The summed E-state index contributed by atoms with van der Waals surface area (Å²) in [5, 5.41) is 13.4. The number of nitrogens with one attached hydrogen (secondary N) is 1. The summed E-state index contributed by atoms with van der Waals surface area (Å²) in [6.45, 7) is 9.01. The fraction of sp³-hybridized carbons (Fsp3) is 0.500. The van der Waals surface area contributed by atoms with E-state index in [9.17, 15) is 4.79 Å². The number of rotatable bonds is 8. The lowest BCUT2D eigenvalue weighted by molar-refractivity contribution is -0.119. The molecule has 8 heteroatoms. The predicted octanol–water partition coefficient (Wildman–Crippen LogP) is 4.91. The number of carbonyl (C=O) groups is 1. The number of hydrogen-bond donors (Lipinski definition) is 1. The number of amides is 1. The molecule has 2 rings (SSSR count). The van der Waals surface area contributed by atoms with E-state index in [1.807, 2.05) is 24.5 Å². The van der Waals surface area contributed by atoms with Gasteiger partial charge in [-0.05, 0) is 37.5 Å². The van der Waals surface area contributed by atoms with Crippen molar-refractivity contribution in [1.82, 2.24) is 20.1 Å². The van der Waals surface area contributed by atoms with Crippen molar-refractivity contribution in [3.05, 3.63) is 28.2 Å². The van der Waals surface area contributed by atoms with E-state index in [1.54, 1.807) is 12.1 Å². The molecule has 1 unspecified atom stereocenters. The summed E-state index contributed by atoms with van der Waals surface area (Å²) in [4.78, 5) is 12.1. The molecular weight excluding hydrogens is 391 g/mol. The van der Waals surface area contributed by atoms with Crippen molar-refractivity contribution in [1.29, 1.82) is 0 Å². The van der Waals surface area contributed by atoms with Crippen LogP contribution >= 0.6 is 35.0 Å². The molecule has 0 bridgehead atoms. The average Bonchev–Trinajstić information content (AvgIpc) is 2.94. The Labute approximate surface area is 168 Å². The van der Waals surface area contributed by atoms with Crippen LogP contribution in [0.1, 0.15) is 34.1 Å². The SMILES string of the molecule is CCC(C)NC(=O)CSc1nnc(-c2ccc(Cl)cc2Cl)n1CC(C)C. The standard InChI is InChI=1S/C18H24Cl2N4OS/c1-5-12(4)21-16(25)10-26-18-23-22-17(24(18)9-11(2)3)14-7-6-13(19)8-15(14)20/h6-8,11-12H,5,9-10H2,1-4H3,(H,21,25). The van der Waals surface area contributed by atoms with E-state index in [0.717, 1.165) is 18.5 Å². The molecule has 2 aromatic rings. The minimum absolute atomic E-state index is 0.00507. The van der Waals surface area contributed by atoms with Gasteiger partial charge < -0.3 is 9.88 Å². The second kappa shape index (κ2) is 9.62. The van der Waals surface area contributed by atoms with E-state index in [4.69, 9.17) is 23.2 Å². The summed E-state index contributed by atoms with van der Waals surface area (Å²) in [5.74, 6) is 1.37. The quantitative estimate of drug-likeness (QED) is 0.622. The van der Waals surface area contributed by atoms with Crippen LogP contribution in [0.25, 0.3) is 11.4 Å². The van der Waals surface area contributed by atoms with Crippen LogP contribution in [0.4, 0.5) is 0 Å². The largest absolute Gasteiger partial charge is 0.353 e. The van der Waals surface area contributed by atoms with Gasteiger partial charge in [-0.15, -0.1) is 10.2 Å². The minimum atomic E-state index is -0.00507. The molecule has 1 atom stereocenters. The van der Waals surface area contributed by atoms with E-state index in [2.05, 4.69) is 29.4 Å². The molecule has 0 saturated carbocycles. The predicted molar refractivity (Wildman–Crippen MR) is 109 cm³/mol. The highest BCUT2D eigenvalue weighted by atomic mass is 35.5. The maximum atomic E-state index is 12.1. The second-order valence-electron chi connectivity index (χ2n) is 6.60. The molecule has 1 heterocycles. The van der Waals surface area contributed by atoms with Crippen LogP contribution in [0, 0.1) is 5.92 Å². The van der Waals surface area contributed by atoms with E-state index in [0.29, 0.717) is 32.7 Å². The van der Waals surface area contributed by atoms with Crippen LogP contribution in [0.2, 0.25) is 10.0 Å². The van der Waals surface area contributed by atoms with Gasteiger partial charge in [0.2, 0.25) is 5.91 Å². The van der Waals surface area contributed by atoms with Gasteiger partial charge in [-0.2, -0.15) is 0 Å². The van der Waals surface area contributed by atoms with E-state index in [1.165, 1.54) is 11.8 Å². The molecule has 0 aliphatic rings. The van der Waals surface area contributed by atoms with Crippen molar-refractivity contribution in [3.8, 4) is 11.4 Å². The Kier molecular flexibility index (Phi) is 7.80. The van der Waals surface area contributed by atoms with Gasteiger partial charge in [0, 0.05) is 23.2 Å². The number of hydrogen-bond acceptors (Lipinski definition) is 4. The van der Waals surface area contributed by atoms with Gasteiger partial charge in [0.25, 0.3) is 0 Å². The molecule has 1 aromatic heterocycles. The molecule has 0 aliphatic heterocycles. The first kappa shape index (κ1) is 21.1. The van der Waals surface area contributed by atoms with Gasteiger partial charge in [-0.1, -0.05) is 55.7 Å². The molecule has 1 aromatic carbocycles. The highest BCUT2D eigenvalue weighted by Crippen LogP contribution is 2.31. The zero-order valence-corrected chi connectivity index (χ0v) is 17.8. The number of carbonyl (C=O) groups excluding carboxylic acids is 1. The van der Waals surface area contributed by atoms with E-state index < -0.39 is 0 Å². The Morgan fingerprint density at radius 3 is 2.62 bits per heavy atom. The maximum Gasteiger partial charge on any atom is 0.230 e. The van der Waals surface area contributed by atoms with Gasteiger partial charge in [0.05, 0.1) is 10.8 Å². The first-order valence-electron chi connectivity index (χ1n) is 8.62. The van der Waals surface area contributed by atoms with Crippen LogP contribution < -0.4 is 5.32 Å². The Morgan fingerprint density at radius 2 is 2.00 bits per heavy atom. The molecule has 142 valence electrons. The van der Waals surface area contributed by atoms with Gasteiger partial charge in [-0.25, -0.2) is 0 Å². The number of aromatic nitrogens is 3. The van der Waals surface area contributed by atoms with Crippen LogP contribution in [0.15, 0.2) is 23.4 Å². The smallest absolute Gasteiger partial charge is 0.230 e. The third kappa shape index (κ3) is 5.63. The van der Waals surface area contributed by atoms with Crippen molar-refractivity contribution < 1.29 is 4.79 Å². The lowest BCUT2D eigenvalue weighted by atomic mass is 10.2. The highest BCUT2D eigenvalue weighted by molar-refractivity contribution is 7.99. The van der Waals surface area contributed by atoms with Gasteiger partial charge in [-0.3, -0.25) is 4.79 Å². The van der Waals surface area contributed by atoms with Crippen LogP contribution in [0.3, 0.4) is 0 Å². The van der Waals surface area contributed by atoms with Crippen molar-refractivity contribution >= 4 is 40.9 Å². The summed E-state index contributed by atoms with van der Waals surface area (Å²) in [7, 11) is 0. The van der Waals surface area contributed by atoms with Crippen LogP contribution in [-0.4, -0.2) is 32.5 Å². The molecule has 0 fully saturated rings. The van der Waals surface area contributed by atoms with Crippen LogP contribution in [0.5, 0.6) is 0 Å². The number of halogens is 2. The van der Waals surface area contributed by atoms with Gasteiger partial charge in [0.1, 0.15) is 0 Å². The molecule has 0 saturated heterocycles. The zero-order valence-electron chi connectivity index (χ0n) is 15.4. The van der Waals surface area contributed by atoms with Crippen LogP contribution in [-0.2, 0) is 11.3 Å². The van der Waals surface area contributed by atoms with Crippen molar-refractivity contribution in [3.63, 3.8) is 0 Å². The minimum Gasteiger partial charge on any atom is -0.353 e. The highest BCUT2D eigenvalue weighted by Gasteiger charge is 2.19. The second-order valence-corrected chi connectivity index (χ2v) is 8.39. The molecule has 0 aliphatic carbocycles. The van der Waals surface area contributed by atoms with Crippen molar-refractivity contribution in [2.24, 2.45) is 5.92 Å². The lowest BCUT2D eigenvalue weighted by Crippen LogP contribution is -2.33. The molecule has 1 amide bonds. The summed E-state index contributed by atoms with van der Waals surface area (Å²) in [6, 6.07) is 5.48. The molecule has 5 nitrogen and oxygen atoms in total. The van der Waals surface area contributed by atoms with E-state index in [-0.39, 0.29) is 11.9 Å². The monoisotopic (exact) mass is 414 g/mol. The Hall–Kier alpha value is -1.24. The number of benzene rings is 1. The zero-order chi connectivity index (χ0) is 19.3. The Morgan fingerprint density at radius 1 is 1.27 bits per heavy atom. The topological polar surface area (TPSA) is 59.8 Å². The molecular formula is C18H24Cl2N4OS. The lowest BCUT2D eigenvalue weighted by Gasteiger charge is -2.14. The van der Waals surface area contributed by atoms with Crippen molar-refractivity contribution in [2.75, 3.05) is 5.75 Å². The maximum absolute atomic E-state index is 12.1. The first-order chi connectivity index (χ1) is 12.3. The summed E-state index contributed by atoms with van der Waals surface area (Å²) >= 11 is 13.7. The summed E-state index contributed by atoms with van der Waals surface area (Å²) in [6.07, 6.45) is 0.902. The summed E-state index contributed by atoms with van der Waals surface area (Å²) in [5.41, 5.74) is 0.778. The third-order valence-corrected chi connectivity index (χ3v) is 5.30. The van der Waals surface area contributed by atoms with Gasteiger partial charge >= 0.3 is 0 Å². The van der Waals surface area contributed by atoms with E-state index >= 15 is 0 Å². The number of thioether (sulfide) groups is 1. The fourth-order valence-electron chi connectivity index (χ4n) is 2.34. The fourth-order valence-corrected chi connectivity index (χ4v) is 3.60. The van der Waals surface area contributed by atoms with Gasteiger partial charge in [0.15, 0.2) is 11.0 Å². The summed E-state index contributed by atoms with van der Waals surface area (Å²) < 4.78 is 2.01. The Balaban J connectivity index is 2.24. The number of nitrogens with zero attached hydrogens (tertiary/aromatic N) is 3. The third-order valence-electron chi connectivity index (χ3n) is 3.79. The molecule has 0 spiro atoms. The molecule has 0 radical (unpaired) electrons. The first-order valence-corrected chi connectivity index (χ1v) is 10.4. The molecule has 1 N–H and O–H groups in total. The average molecular weight is 415 g/mol. The molecule has 26 heavy (non-hydrogen) atoms. The Bertz CT molecular complexity index is 764. The normalized spacial score (nSPS) is 12.4. The van der Waals surface area contributed by atoms with Crippen molar-refractivity contribution in [2.45, 2.75) is 51.9 Å².